The van der Waals surface area contributed by atoms with Gasteiger partial charge in [-0.3, -0.25) is 5.10 Å². The van der Waals surface area contributed by atoms with E-state index in [9.17, 15) is 0 Å². The number of hydrogen-bond donors (Lipinski definition) is 2. The molecule has 1 aliphatic rings. The molecule has 1 aromatic heterocycles. The number of rotatable bonds is 3. The van der Waals surface area contributed by atoms with Crippen LogP contribution in [-0.4, -0.2) is 29.3 Å². The Bertz CT molecular complexity index is 908. The first-order valence-electron chi connectivity index (χ1n) is 8.19. The van der Waals surface area contributed by atoms with Crippen molar-refractivity contribution >= 4 is 57.1 Å². The summed E-state index contributed by atoms with van der Waals surface area (Å²) < 4.78 is 0. The normalized spacial score (nSPS) is 17.9. The number of nitrogens with zero attached hydrogens (tertiary/aromatic N) is 2. The quantitative estimate of drug-likeness (QED) is 0.567. The van der Waals surface area contributed by atoms with Crippen LogP contribution in [0.25, 0.3) is 10.9 Å². The minimum atomic E-state index is 0.337. The molecule has 1 saturated heterocycles. The summed E-state index contributed by atoms with van der Waals surface area (Å²) in [5, 5.41) is 13.4. The molecule has 7 heteroatoms. The van der Waals surface area contributed by atoms with Crippen LogP contribution in [-0.2, 0) is 0 Å². The summed E-state index contributed by atoms with van der Waals surface area (Å²) in [6, 6.07) is 10.1. The molecular formula is C18H17Cl3N4. The van der Waals surface area contributed by atoms with Crippen LogP contribution in [0.1, 0.15) is 12.8 Å². The Hall–Kier alpha value is -1.62. The predicted molar refractivity (Wildman–Crippen MR) is 106 cm³/mol. The fourth-order valence-electron chi connectivity index (χ4n) is 3.34. The lowest BCUT2D eigenvalue weighted by Crippen LogP contribution is -2.42. The summed E-state index contributed by atoms with van der Waals surface area (Å²) in [5.41, 5.74) is 3.08. The monoisotopic (exact) mass is 394 g/mol. The molecule has 0 aliphatic carbocycles. The van der Waals surface area contributed by atoms with Crippen LogP contribution in [0.3, 0.4) is 0 Å². The molecule has 2 heterocycles. The average molecular weight is 396 g/mol. The Balaban J connectivity index is 1.51. The van der Waals surface area contributed by atoms with E-state index in [0.29, 0.717) is 21.1 Å². The number of anilines is 2. The molecule has 0 spiro atoms. The topological polar surface area (TPSA) is 44.0 Å². The van der Waals surface area contributed by atoms with Gasteiger partial charge in [0.1, 0.15) is 0 Å². The second-order valence-electron chi connectivity index (χ2n) is 6.32. The van der Waals surface area contributed by atoms with Crippen molar-refractivity contribution in [1.82, 2.24) is 10.2 Å². The molecule has 0 saturated carbocycles. The third kappa shape index (κ3) is 3.52. The minimum absolute atomic E-state index is 0.337. The lowest BCUT2D eigenvalue weighted by Gasteiger charge is -2.36. The Morgan fingerprint density at radius 1 is 1.08 bits per heavy atom. The highest BCUT2D eigenvalue weighted by Gasteiger charge is 2.22. The smallest absolute Gasteiger partial charge is 0.0655 e. The van der Waals surface area contributed by atoms with E-state index in [1.165, 1.54) is 0 Å². The molecule has 4 rings (SSSR count). The number of aromatic nitrogens is 2. The largest absolute Gasteiger partial charge is 0.381 e. The van der Waals surface area contributed by atoms with Gasteiger partial charge in [-0.05, 0) is 43.2 Å². The first kappa shape index (κ1) is 16.8. The lowest BCUT2D eigenvalue weighted by molar-refractivity contribution is 0.530. The summed E-state index contributed by atoms with van der Waals surface area (Å²) in [6.45, 7) is 1.82. The minimum Gasteiger partial charge on any atom is -0.381 e. The molecule has 0 radical (unpaired) electrons. The van der Waals surface area contributed by atoms with Crippen molar-refractivity contribution in [2.45, 2.75) is 18.9 Å². The van der Waals surface area contributed by atoms with E-state index in [1.54, 1.807) is 6.07 Å². The number of H-pyrrole nitrogens is 1. The van der Waals surface area contributed by atoms with Crippen molar-refractivity contribution in [3.8, 4) is 0 Å². The van der Waals surface area contributed by atoms with Crippen molar-refractivity contribution in [2.75, 3.05) is 23.3 Å². The van der Waals surface area contributed by atoms with Crippen molar-refractivity contribution in [2.24, 2.45) is 0 Å². The van der Waals surface area contributed by atoms with Gasteiger partial charge in [-0.15, -0.1) is 0 Å². The van der Waals surface area contributed by atoms with Crippen LogP contribution in [0.5, 0.6) is 0 Å². The van der Waals surface area contributed by atoms with Crippen LogP contribution in [0, 0.1) is 0 Å². The first-order valence-corrected chi connectivity index (χ1v) is 9.33. The zero-order chi connectivity index (χ0) is 17.4. The number of hydrogen-bond acceptors (Lipinski definition) is 3. The predicted octanol–water partition coefficient (Wildman–Crippen LogP) is 5.60. The van der Waals surface area contributed by atoms with Crippen molar-refractivity contribution in [3.05, 3.63) is 51.6 Å². The molecule has 0 bridgehead atoms. The average Bonchev–Trinajstić information content (AvgIpc) is 3.06. The third-order valence-electron chi connectivity index (χ3n) is 4.56. The number of benzene rings is 2. The summed E-state index contributed by atoms with van der Waals surface area (Å²) in [5.74, 6) is 0. The molecule has 1 fully saturated rings. The van der Waals surface area contributed by atoms with E-state index in [0.717, 1.165) is 48.2 Å². The van der Waals surface area contributed by atoms with E-state index in [4.69, 9.17) is 34.8 Å². The van der Waals surface area contributed by atoms with Gasteiger partial charge in [-0.25, -0.2) is 0 Å². The molecule has 1 atom stereocenters. The van der Waals surface area contributed by atoms with Gasteiger partial charge in [0.05, 0.1) is 32.5 Å². The number of aromatic amines is 1. The fraction of sp³-hybridized carbons (Fsp3) is 0.278. The SMILES string of the molecule is Clc1cc(Cl)c(N2CCCC(Nc3ccc4[nH]ncc4c3)C2)cc1Cl. The van der Waals surface area contributed by atoms with Gasteiger partial charge in [0.2, 0.25) is 0 Å². The maximum Gasteiger partial charge on any atom is 0.0655 e. The highest BCUT2D eigenvalue weighted by molar-refractivity contribution is 6.44. The van der Waals surface area contributed by atoms with Crippen molar-refractivity contribution < 1.29 is 0 Å². The molecule has 2 N–H and O–H groups in total. The molecule has 130 valence electrons. The highest BCUT2D eigenvalue weighted by Crippen LogP contribution is 2.36. The maximum absolute atomic E-state index is 6.38. The Kier molecular flexibility index (Phi) is 4.67. The van der Waals surface area contributed by atoms with Gasteiger partial charge >= 0.3 is 0 Å². The molecule has 3 aromatic rings. The molecule has 2 aromatic carbocycles. The van der Waals surface area contributed by atoms with E-state index < -0.39 is 0 Å². The van der Waals surface area contributed by atoms with E-state index in [2.05, 4.69) is 32.5 Å². The number of piperidine rings is 1. The van der Waals surface area contributed by atoms with E-state index >= 15 is 0 Å². The second kappa shape index (κ2) is 6.94. The number of fused-ring (bicyclic) bond motifs is 1. The van der Waals surface area contributed by atoms with Crippen LogP contribution in [0.15, 0.2) is 36.5 Å². The summed E-state index contributed by atoms with van der Waals surface area (Å²) in [6.07, 6.45) is 4.03. The Morgan fingerprint density at radius 2 is 1.92 bits per heavy atom. The summed E-state index contributed by atoms with van der Waals surface area (Å²) in [7, 11) is 0. The van der Waals surface area contributed by atoms with Crippen LogP contribution < -0.4 is 10.2 Å². The third-order valence-corrected chi connectivity index (χ3v) is 5.59. The van der Waals surface area contributed by atoms with E-state index in [-0.39, 0.29) is 0 Å². The van der Waals surface area contributed by atoms with Gasteiger partial charge in [-0.2, -0.15) is 5.10 Å². The first-order chi connectivity index (χ1) is 12.1. The molecular weight excluding hydrogens is 379 g/mol. The summed E-state index contributed by atoms with van der Waals surface area (Å²) in [4.78, 5) is 2.27. The van der Waals surface area contributed by atoms with Crippen molar-refractivity contribution in [3.63, 3.8) is 0 Å². The van der Waals surface area contributed by atoms with Crippen LogP contribution in [0.4, 0.5) is 11.4 Å². The zero-order valence-electron chi connectivity index (χ0n) is 13.4. The Morgan fingerprint density at radius 3 is 2.80 bits per heavy atom. The summed E-state index contributed by atoms with van der Waals surface area (Å²) >= 11 is 18.6. The van der Waals surface area contributed by atoms with Crippen LogP contribution >= 0.6 is 34.8 Å². The molecule has 1 unspecified atom stereocenters. The maximum atomic E-state index is 6.38. The van der Waals surface area contributed by atoms with Gasteiger partial charge in [0, 0.05) is 30.2 Å². The van der Waals surface area contributed by atoms with Gasteiger partial charge in [0.25, 0.3) is 0 Å². The Labute approximate surface area is 161 Å². The standard InChI is InChI=1S/C18H17Cl3N4/c19-14-7-16(21)18(8-15(14)20)25-5-1-2-13(10-25)23-12-3-4-17-11(6-12)9-22-24-17/h3-4,6-9,13,23H,1-2,5,10H2,(H,22,24). The molecule has 25 heavy (non-hydrogen) atoms. The highest BCUT2D eigenvalue weighted by atomic mass is 35.5. The zero-order valence-corrected chi connectivity index (χ0v) is 15.7. The lowest BCUT2D eigenvalue weighted by atomic mass is 10.0. The molecule has 0 amide bonds. The number of nitrogens with one attached hydrogen (secondary N) is 2. The van der Waals surface area contributed by atoms with Gasteiger partial charge in [-0.1, -0.05) is 34.8 Å². The molecule has 1 aliphatic heterocycles. The second-order valence-corrected chi connectivity index (χ2v) is 7.54. The van der Waals surface area contributed by atoms with Crippen molar-refractivity contribution in [1.29, 1.82) is 0 Å². The molecule has 4 nitrogen and oxygen atoms in total. The van der Waals surface area contributed by atoms with Crippen LogP contribution in [0.2, 0.25) is 15.1 Å². The van der Waals surface area contributed by atoms with E-state index in [1.807, 2.05) is 18.3 Å². The van der Waals surface area contributed by atoms with Gasteiger partial charge in [0.15, 0.2) is 0 Å². The van der Waals surface area contributed by atoms with Gasteiger partial charge < -0.3 is 10.2 Å². The number of halogens is 3. The fourth-order valence-corrected chi connectivity index (χ4v) is 4.00.